The van der Waals surface area contributed by atoms with Gasteiger partial charge in [-0.2, -0.15) is 0 Å². The SMILES string of the molecule is C=CCNC1[NH2+]C2C(CC3(C)CCC(C(C)C(=O)NCCN4CCOCC4)C(O)C3C2C)S1. The Balaban J connectivity index is 1.34. The number of aliphatic hydroxyl groups is 1. The minimum Gasteiger partial charge on any atom is -0.392 e. The van der Waals surface area contributed by atoms with Crippen molar-refractivity contribution < 1.29 is 20.0 Å². The smallest absolute Gasteiger partial charge is 0.223 e. The average molecular weight is 482 g/mol. The number of nitrogens with two attached hydrogens (primary N) is 1. The Morgan fingerprint density at radius 3 is 2.91 bits per heavy atom. The lowest BCUT2D eigenvalue weighted by Gasteiger charge is -2.55. The number of ether oxygens (including phenoxy) is 1. The number of rotatable bonds is 8. The number of morpholine rings is 1. The number of thioether (sulfide) groups is 1. The molecule has 2 saturated heterocycles. The lowest BCUT2D eigenvalue weighted by molar-refractivity contribution is -0.707. The van der Waals surface area contributed by atoms with Crippen LogP contribution in [0.2, 0.25) is 0 Å². The molecule has 4 aliphatic rings. The molecule has 4 fully saturated rings. The van der Waals surface area contributed by atoms with Crippen LogP contribution in [0.1, 0.15) is 40.0 Å². The second kappa shape index (κ2) is 11.0. The summed E-state index contributed by atoms with van der Waals surface area (Å²) in [7, 11) is 0. The second-order valence-corrected chi connectivity index (χ2v) is 12.4. The highest BCUT2D eigenvalue weighted by molar-refractivity contribution is 8.00. The standard InChI is InChI=1S/C25H44N4O3S/c1-5-8-27-24-28-21-17(3)20-22(30)18(6-7-25(20,4)15-19(21)33-24)16(2)23(31)26-9-10-29-11-13-32-14-12-29/h5,16-22,24,27-28,30H,1,6-15H2,2-4H3,(H,26,31)/p+1. The molecule has 4 rings (SSSR count). The van der Waals surface area contributed by atoms with Crippen LogP contribution in [0.3, 0.4) is 0 Å². The van der Waals surface area contributed by atoms with Crippen LogP contribution in [0.15, 0.2) is 12.7 Å². The summed E-state index contributed by atoms with van der Waals surface area (Å²) in [6.45, 7) is 16.4. The molecular formula is C25H45N4O3S+. The van der Waals surface area contributed by atoms with Gasteiger partial charge in [-0.15, -0.1) is 6.58 Å². The number of quaternary nitrogens is 1. The summed E-state index contributed by atoms with van der Waals surface area (Å²) in [5.41, 5.74) is 0.519. The maximum Gasteiger partial charge on any atom is 0.223 e. The van der Waals surface area contributed by atoms with Crippen molar-refractivity contribution in [1.29, 1.82) is 0 Å². The molecule has 9 atom stereocenters. The van der Waals surface area contributed by atoms with E-state index in [2.05, 4.69) is 53.0 Å². The number of fused-ring (bicyclic) bond motifs is 2. The van der Waals surface area contributed by atoms with E-state index in [9.17, 15) is 9.90 Å². The lowest BCUT2D eigenvalue weighted by atomic mass is 9.51. The third-order valence-corrected chi connectivity index (χ3v) is 10.4. The summed E-state index contributed by atoms with van der Waals surface area (Å²) in [6.07, 6.45) is 4.69. The number of aliphatic hydroxyl groups excluding tert-OH is 1. The number of amides is 1. The van der Waals surface area contributed by atoms with Crippen LogP contribution in [-0.2, 0) is 9.53 Å². The molecule has 2 aliphatic carbocycles. The Morgan fingerprint density at radius 2 is 2.18 bits per heavy atom. The predicted molar refractivity (Wildman–Crippen MR) is 133 cm³/mol. The van der Waals surface area contributed by atoms with Crippen LogP contribution in [0.5, 0.6) is 0 Å². The molecule has 2 heterocycles. The summed E-state index contributed by atoms with van der Waals surface area (Å²) in [4.78, 5) is 15.3. The highest BCUT2D eigenvalue weighted by Gasteiger charge is 2.60. The second-order valence-electron chi connectivity index (χ2n) is 11.0. The highest BCUT2D eigenvalue weighted by Crippen LogP contribution is 2.57. The van der Waals surface area contributed by atoms with Crippen molar-refractivity contribution in [3.8, 4) is 0 Å². The number of hydrogen-bond acceptors (Lipinski definition) is 6. The van der Waals surface area contributed by atoms with Gasteiger partial charge in [0.1, 0.15) is 6.04 Å². The van der Waals surface area contributed by atoms with Crippen LogP contribution in [0.4, 0.5) is 0 Å². The summed E-state index contributed by atoms with van der Waals surface area (Å²) < 4.78 is 5.40. The van der Waals surface area contributed by atoms with Crippen LogP contribution >= 0.6 is 11.8 Å². The normalized spacial score (nSPS) is 42.2. The Morgan fingerprint density at radius 1 is 1.42 bits per heavy atom. The molecule has 0 aromatic carbocycles. The highest BCUT2D eigenvalue weighted by atomic mass is 32.2. The van der Waals surface area contributed by atoms with Crippen LogP contribution in [0.25, 0.3) is 0 Å². The third-order valence-electron chi connectivity index (χ3n) is 9.00. The summed E-state index contributed by atoms with van der Waals surface area (Å²) >= 11 is 2.05. The fraction of sp³-hybridized carbons (Fsp3) is 0.880. The Labute approximate surface area is 203 Å². The van der Waals surface area contributed by atoms with Crippen molar-refractivity contribution in [1.82, 2.24) is 15.5 Å². The first-order chi connectivity index (χ1) is 15.8. The minimum absolute atomic E-state index is 0.0363. The maximum atomic E-state index is 13.0. The van der Waals surface area contributed by atoms with Gasteiger partial charge in [0, 0.05) is 44.6 Å². The average Bonchev–Trinajstić information content (AvgIpc) is 3.20. The molecule has 8 heteroatoms. The lowest BCUT2D eigenvalue weighted by Crippen LogP contribution is -2.96. The van der Waals surface area contributed by atoms with Gasteiger partial charge in [-0.1, -0.05) is 38.6 Å². The van der Waals surface area contributed by atoms with E-state index >= 15 is 0 Å². The monoisotopic (exact) mass is 481 g/mol. The van der Waals surface area contributed by atoms with E-state index in [1.807, 2.05) is 13.0 Å². The number of nitrogens with one attached hydrogen (secondary N) is 2. The first-order valence-corrected chi connectivity index (χ1v) is 13.9. The summed E-state index contributed by atoms with van der Waals surface area (Å²) in [6, 6.07) is 0.515. The molecule has 1 amide bonds. The molecule has 188 valence electrons. The third kappa shape index (κ3) is 5.46. The molecule has 33 heavy (non-hydrogen) atoms. The van der Waals surface area contributed by atoms with E-state index in [4.69, 9.17) is 4.74 Å². The Kier molecular flexibility index (Phi) is 8.45. The number of carbonyl (C=O) groups is 1. The van der Waals surface area contributed by atoms with E-state index in [-0.39, 0.29) is 29.1 Å². The van der Waals surface area contributed by atoms with Gasteiger partial charge in [0.15, 0.2) is 5.50 Å². The number of carbonyl (C=O) groups excluding carboxylic acids is 1. The first-order valence-electron chi connectivity index (χ1n) is 12.9. The largest absolute Gasteiger partial charge is 0.392 e. The maximum absolute atomic E-state index is 13.0. The van der Waals surface area contributed by atoms with Gasteiger partial charge in [-0.05, 0) is 36.5 Å². The Bertz CT molecular complexity index is 691. The van der Waals surface area contributed by atoms with Crippen molar-refractivity contribution in [2.24, 2.45) is 29.1 Å². The molecule has 2 saturated carbocycles. The van der Waals surface area contributed by atoms with Crippen molar-refractivity contribution in [3.05, 3.63) is 12.7 Å². The van der Waals surface area contributed by atoms with Gasteiger partial charge in [0.05, 0.1) is 24.6 Å². The molecule has 2 aliphatic heterocycles. The van der Waals surface area contributed by atoms with Crippen LogP contribution < -0.4 is 16.0 Å². The van der Waals surface area contributed by atoms with Crippen LogP contribution in [-0.4, -0.2) is 84.7 Å². The van der Waals surface area contributed by atoms with Crippen molar-refractivity contribution >= 4 is 17.7 Å². The Hall–Kier alpha value is -0.640. The molecule has 0 spiro atoms. The van der Waals surface area contributed by atoms with Gasteiger partial charge in [0.25, 0.3) is 0 Å². The first kappa shape index (κ1) is 25.5. The molecule has 0 aromatic rings. The summed E-state index contributed by atoms with van der Waals surface area (Å²) in [5.74, 6) is 0.633. The zero-order valence-corrected chi connectivity index (χ0v) is 21.5. The van der Waals surface area contributed by atoms with Gasteiger partial charge in [-0.25, -0.2) is 0 Å². The van der Waals surface area contributed by atoms with E-state index in [1.165, 1.54) is 0 Å². The predicted octanol–water partition coefficient (Wildman–Crippen LogP) is 0.611. The molecular weight excluding hydrogens is 436 g/mol. The van der Waals surface area contributed by atoms with E-state index < -0.39 is 6.10 Å². The topological polar surface area (TPSA) is 90.4 Å². The summed E-state index contributed by atoms with van der Waals surface area (Å²) in [5, 5.41) is 21.4. The zero-order valence-electron chi connectivity index (χ0n) is 20.7. The van der Waals surface area contributed by atoms with E-state index in [0.717, 1.165) is 58.7 Å². The van der Waals surface area contributed by atoms with Crippen molar-refractivity contribution in [2.75, 3.05) is 45.9 Å². The van der Waals surface area contributed by atoms with Crippen LogP contribution in [0, 0.1) is 29.1 Å². The molecule has 0 aromatic heterocycles. The van der Waals surface area contributed by atoms with Crippen molar-refractivity contribution in [3.63, 3.8) is 0 Å². The molecule has 0 radical (unpaired) electrons. The fourth-order valence-corrected chi connectivity index (χ4v) is 8.96. The zero-order chi connectivity index (χ0) is 23.6. The molecule has 5 N–H and O–H groups in total. The van der Waals surface area contributed by atoms with Gasteiger partial charge in [0.2, 0.25) is 5.91 Å². The van der Waals surface area contributed by atoms with Gasteiger partial charge < -0.3 is 20.5 Å². The van der Waals surface area contributed by atoms with Gasteiger partial charge in [-0.3, -0.25) is 15.0 Å². The fourth-order valence-electron chi connectivity index (χ4n) is 7.12. The van der Waals surface area contributed by atoms with E-state index in [1.54, 1.807) is 0 Å². The van der Waals surface area contributed by atoms with E-state index in [0.29, 0.717) is 29.3 Å². The number of hydrogen-bond donors (Lipinski definition) is 4. The van der Waals surface area contributed by atoms with Gasteiger partial charge >= 0.3 is 0 Å². The van der Waals surface area contributed by atoms with Crippen molar-refractivity contribution in [2.45, 2.75) is 62.9 Å². The molecule has 0 bridgehead atoms. The minimum atomic E-state index is -0.418. The quantitative estimate of drug-likeness (QED) is 0.380. The molecule has 9 unspecified atom stereocenters. The molecule has 7 nitrogen and oxygen atoms in total. The number of nitrogens with zero attached hydrogens (tertiary/aromatic N) is 1.